The van der Waals surface area contributed by atoms with Crippen molar-refractivity contribution in [2.75, 3.05) is 13.1 Å². The summed E-state index contributed by atoms with van der Waals surface area (Å²) in [6, 6.07) is 0. The van der Waals surface area contributed by atoms with Crippen LogP contribution in [0.1, 0.15) is 48.9 Å². The Morgan fingerprint density at radius 3 is 3.05 bits per heavy atom. The Hall–Kier alpha value is -1.20. The molecule has 2 aliphatic rings. The van der Waals surface area contributed by atoms with Crippen LogP contribution < -0.4 is 10.5 Å². The second kappa shape index (κ2) is 5.78. The minimum Gasteiger partial charge on any atom is -0.330 e. The third kappa shape index (κ3) is 2.31. The Morgan fingerprint density at radius 1 is 1.27 bits per heavy atom. The molecule has 2 aromatic heterocycles. The van der Waals surface area contributed by atoms with Crippen LogP contribution in [0.25, 0.3) is 10.2 Å². The number of rotatable bonds is 2. The van der Waals surface area contributed by atoms with E-state index < -0.39 is 0 Å². The first-order chi connectivity index (χ1) is 10.8. The van der Waals surface area contributed by atoms with Crippen molar-refractivity contribution in [1.82, 2.24) is 9.55 Å². The number of aryl methyl sites for hydroxylation is 1. The highest BCUT2D eigenvalue weighted by Crippen LogP contribution is 2.30. The Bertz CT molecular complexity index is 761. The molecule has 1 N–H and O–H groups in total. The lowest BCUT2D eigenvalue weighted by atomic mass is 10.1. The first-order valence-electron chi connectivity index (χ1n) is 8.65. The Balaban J connectivity index is 1.84. The minimum absolute atomic E-state index is 0.235. The predicted octanol–water partition coefficient (Wildman–Crippen LogP) is 1.54. The molecule has 5 heteroatoms. The van der Waals surface area contributed by atoms with Gasteiger partial charge in [0.15, 0.2) is 0 Å². The van der Waals surface area contributed by atoms with Gasteiger partial charge in [-0.3, -0.25) is 9.36 Å². The zero-order valence-electron chi connectivity index (χ0n) is 13.3. The van der Waals surface area contributed by atoms with Gasteiger partial charge in [0.2, 0.25) is 0 Å². The number of nitrogens with zero attached hydrogens (tertiary/aromatic N) is 2. The van der Waals surface area contributed by atoms with Crippen LogP contribution >= 0.6 is 11.3 Å². The molecule has 0 saturated heterocycles. The zero-order chi connectivity index (χ0) is 15.1. The molecule has 0 radical (unpaired) electrons. The first-order valence-corrected chi connectivity index (χ1v) is 9.47. The normalized spacial score (nSPS) is 21.4. The van der Waals surface area contributed by atoms with Gasteiger partial charge in [-0.2, -0.15) is 0 Å². The van der Waals surface area contributed by atoms with E-state index in [0.717, 1.165) is 61.4 Å². The summed E-state index contributed by atoms with van der Waals surface area (Å²) in [6.45, 7) is 6.58. The maximum absolute atomic E-state index is 13.0. The van der Waals surface area contributed by atoms with Crippen molar-refractivity contribution < 1.29 is 4.90 Å². The summed E-state index contributed by atoms with van der Waals surface area (Å²) in [5.41, 5.74) is 1.55. The number of thiophene rings is 1. The van der Waals surface area contributed by atoms with Crippen LogP contribution in [-0.4, -0.2) is 22.6 Å². The molecule has 0 aliphatic carbocycles. The maximum atomic E-state index is 13.0. The molecule has 1 atom stereocenters. The van der Waals surface area contributed by atoms with E-state index in [0.29, 0.717) is 0 Å². The predicted molar refractivity (Wildman–Crippen MR) is 89.8 cm³/mol. The lowest BCUT2D eigenvalue weighted by Gasteiger charge is -2.23. The van der Waals surface area contributed by atoms with E-state index in [4.69, 9.17) is 4.98 Å². The van der Waals surface area contributed by atoms with Gasteiger partial charge in [0.1, 0.15) is 17.2 Å². The summed E-state index contributed by atoms with van der Waals surface area (Å²) < 4.78 is 1.97. The molecule has 0 fully saturated rings. The third-order valence-corrected chi connectivity index (χ3v) is 6.22. The largest absolute Gasteiger partial charge is 0.330 e. The average Bonchev–Trinajstić information content (AvgIpc) is 2.70. The van der Waals surface area contributed by atoms with Crippen LogP contribution in [0, 0.1) is 0 Å². The fourth-order valence-electron chi connectivity index (χ4n) is 3.97. The van der Waals surface area contributed by atoms with E-state index in [-0.39, 0.29) is 5.56 Å². The second-order valence-electron chi connectivity index (χ2n) is 6.66. The quantitative estimate of drug-likeness (QED) is 0.912. The van der Waals surface area contributed by atoms with Crippen molar-refractivity contribution in [3.8, 4) is 0 Å². The molecule has 2 aromatic rings. The van der Waals surface area contributed by atoms with Crippen molar-refractivity contribution in [2.45, 2.75) is 58.5 Å². The summed E-state index contributed by atoms with van der Waals surface area (Å²) in [6.07, 6.45) is 6.72. The Morgan fingerprint density at radius 2 is 2.18 bits per heavy atom. The summed E-state index contributed by atoms with van der Waals surface area (Å²) >= 11 is 1.78. The van der Waals surface area contributed by atoms with Crippen molar-refractivity contribution in [1.29, 1.82) is 0 Å². The van der Waals surface area contributed by atoms with Crippen molar-refractivity contribution in [3.05, 3.63) is 26.6 Å². The van der Waals surface area contributed by atoms with Gasteiger partial charge in [-0.15, -0.1) is 11.3 Å². The molecule has 118 valence electrons. The van der Waals surface area contributed by atoms with Gasteiger partial charge in [-0.1, -0.05) is 13.3 Å². The standard InChI is InChI=1S/C17H23N3OS/c1-2-8-19-10-7-12-13(11-19)22-16-15(12)17(21)20-9-5-3-4-6-14(20)18-16/h2-11H2,1H3/p+1. The van der Waals surface area contributed by atoms with E-state index in [1.165, 1.54) is 29.8 Å². The van der Waals surface area contributed by atoms with Crippen LogP contribution in [0.5, 0.6) is 0 Å². The number of nitrogens with one attached hydrogen (secondary N) is 1. The van der Waals surface area contributed by atoms with Crippen LogP contribution in [0.3, 0.4) is 0 Å². The molecule has 4 nitrogen and oxygen atoms in total. The number of fused-ring (bicyclic) bond motifs is 4. The van der Waals surface area contributed by atoms with Gasteiger partial charge in [-0.25, -0.2) is 4.98 Å². The molecular weight excluding hydrogens is 294 g/mol. The lowest BCUT2D eigenvalue weighted by molar-refractivity contribution is -0.915. The monoisotopic (exact) mass is 318 g/mol. The lowest BCUT2D eigenvalue weighted by Crippen LogP contribution is -3.11. The fourth-order valence-corrected chi connectivity index (χ4v) is 5.27. The van der Waals surface area contributed by atoms with E-state index in [2.05, 4.69) is 6.92 Å². The highest BCUT2D eigenvalue weighted by Gasteiger charge is 2.27. The van der Waals surface area contributed by atoms with E-state index in [1.807, 2.05) is 4.57 Å². The third-order valence-electron chi connectivity index (χ3n) is 5.10. The van der Waals surface area contributed by atoms with Crippen molar-refractivity contribution >= 4 is 21.6 Å². The van der Waals surface area contributed by atoms with Gasteiger partial charge in [-0.05, 0) is 24.8 Å². The highest BCUT2D eigenvalue weighted by atomic mass is 32.1. The number of aromatic nitrogens is 2. The van der Waals surface area contributed by atoms with Crippen molar-refractivity contribution in [3.63, 3.8) is 0 Å². The second-order valence-corrected chi connectivity index (χ2v) is 7.74. The fraction of sp³-hybridized carbons (Fsp3) is 0.647. The number of hydrogen-bond donors (Lipinski definition) is 1. The van der Waals surface area contributed by atoms with Gasteiger partial charge in [0.25, 0.3) is 5.56 Å². The summed E-state index contributed by atoms with van der Waals surface area (Å²) in [4.78, 5) is 21.9. The number of quaternary nitrogens is 1. The van der Waals surface area contributed by atoms with Crippen molar-refractivity contribution in [2.24, 2.45) is 0 Å². The topological polar surface area (TPSA) is 39.3 Å². The highest BCUT2D eigenvalue weighted by molar-refractivity contribution is 7.18. The van der Waals surface area contributed by atoms with E-state index in [1.54, 1.807) is 16.2 Å². The molecule has 0 bridgehead atoms. The molecule has 2 aliphatic heterocycles. The minimum atomic E-state index is 0.235. The Labute approximate surface area is 134 Å². The average molecular weight is 318 g/mol. The summed E-state index contributed by atoms with van der Waals surface area (Å²) in [7, 11) is 0. The molecule has 1 unspecified atom stereocenters. The van der Waals surface area contributed by atoms with Gasteiger partial charge < -0.3 is 4.90 Å². The van der Waals surface area contributed by atoms with Gasteiger partial charge in [0, 0.05) is 19.4 Å². The van der Waals surface area contributed by atoms with Gasteiger partial charge in [0.05, 0.1) is 23.4 Å². The van der Waals surface area contributed by atoms with Gasteiger partial charge >= 0.3 is 0 Å². The van der Waals surface area contributed by atoms with Crippen LogP contribution in [0.15, 0.2) is 4.79 Å². The molecule has 22 heavy (non-hydrogen) atoms. The molecular formula is C17H24N3OS+. The maximum Gasteiger partial charge on any atom is 0.262 e. The molecule has 0 aromatic carbocycles. The summed E-state index contributed by atoms with van der Waals surface area (Å²) in [5, 5.41) is 0.946. The Kier molecular flexibility index (Phi) is 3.78. The van der Waals surface area contributed by atoms with Crippen LogP contribution in [0.4, 0.5) is 0 Å². The molecule has 0 saturated carbocycles. The first kappa shape index (κ1) is 14.4. The molecule has 0 spiro atoms. The number of hydrogen-bond acceptors (Lipinski definition) is 3. The van der Waals surface area contributed by atoms with Crippen LogP contribution in [0.2, 0.25) is 0 Å². The molecule has 0 amide bonds. The van der Waals surface area contributed by atoms with E-state index >= 15 is 0 Å². The molecule has 4 rings (SSSR count). The smallest absolute Gasteiger partial charge is 0.262 e. The summed E-state index contributed by atoms with van der Waals surface area (Å²) in [5.74, 6) is 1.02. The van der Waals surface area contributed by atoms with E-state index in [9.17, 15) is 4.79 Å². The SMILES string of the molecule is CCC[NH+]1CCc2c(sc3nc4n(c(=O)c23)CCCCC4)C1. The zero-order valence-corrected chi connectivity index (χ0v) is 14.1. The van der Waals surface area contributed by atoms with Crippen LogP contribution in [-0.2, 0) is 25.9 Å². The molecule has 4 heterocycles.